The monoisotopic (exact) mass is 278 g/mol. The van der Waals surface area contributed by atoms with Crippen LogP contribution < -0.4 is 15.4 Å². The van der Waals surface area contributed by atoms with Crippen LogP contribution in [0.4, 0.5) is 4.79 Å². The number of aliphatic hydroxyl groups is 1. The highest BCUT2D eigenvalue weighted by atomic mass is 16.5. The van der Waals surface area contributed by atoms with E-state index in [2.05, 4.69) is 10.6 Å². The Morgan fingerprint density at radius 3 is 2.85 bits per heavy atom. The molecule has 0 atom stereocenters. The average molecular weight is 278 g/mol. The topological polar surface area (TPSA) is 70.6 Å². The molecule has 3 N–H and O–H groups in total. The van der Waals surface area contributed by atoms with Crippen LogP contribution in [0.2, 0.25) is 0 Å². The molecular weight excluding hydrogens is 256 g/mol. The minimum atomic E-state index is -0.173. The molecule has 0 unspecified atom stereocenters. The van der Waals surface area contributed by atoms with Gasteiger partial charge in [0.2, 0.25) is 0 Å². The molecule has 0 aliphatic heterocycles. The maximum absolute atomic E-state index is 11.6. The molecule has 0 bridgehead atoms. The van der Waals surface area contributed by atoms with E-state index in [1.54, 1.807) is 7.11 Å². The number of hydrogen-bond acceptors (Lipinski definition) is 3. The Kier molecular flexibility index (Phi) is 4.84. The molecule has 0 radical (unpaired) electrons. The quantitative estimate of drug-likeness (QED) is 0.704. The fourth-order valence-electron chi connectivity index (χ4n) is 2.05. The number of benzene rings is 1. The van der Waals surface area contributed by atoms with Gasteiger partial charge in [0.05, 0.1) is 13.7 Å². The molecule has 1 aromatic carbocycles. The third-order valence-electron chi connectivity index (χ3n) is 3.75. The van der Waals surface area contributed by atoms with Gasteiger partial charge in [-0.25, -0.2) is 4.79 Å². The molecule has 1 fully saturated rings. The van der Waals surface area contributed by atoms with Crippen LogP contribution in [0.5, 0.6) is 5.75 Å². The van der Waals surface area contributed by atoms with Crippen molar-refractivity contribution in [3.05, 3.63) is 29.8 Å². The lowest BCUT2D eigenvalue weighted by molar-refractivity contribution is 0.203. The van der Waals surface area contributed by atoms with Gasteiger partial charge in [0.25, 0.3) is 0 Å². The molecule has 0 heterocycles. The lowest BCUT2D eigenvalue weighted by Crippen LogP contribution is -2.40. The molecule has 110 valence electrons. The lowest BCUT2D eigenvalue weighted by atomic mass is 10.1. The Morgan fingerprint density at radius 2 is 2.20 bits per heavy atom. The number of aliphatic hydroxyl groups excluding tert-OH is 1. The molecule has 0 aromatic heterocycles. The maximum atomic E-state index is 11.6. The van der Waals surface area contributed by atoms with Gasteiger partial charge in [-0.1, -0.05) is 12.1 Å². The summed E-state index contributed by atoms with van der Waals surface area (Å²) in [6, 6.07) is 7.63. The average Bonchev–Trinajstić information content (AvgIpc) is 3.26. The van der Waals surface area contributed by atoms with Crippen molar-refractivity contribution in [1.29, 1.82) is 0 Å². The van der Waals surface area contributed by atoms with E-state index in [1.807, 2.05) is 24.3 Å². The van der Waals surface area contributed by atoms with Crippen molar-refractivity contribution >= 4 is 6.03 Å². The van der Waals surface area contributed by atoms with Crippen molar-refractivity contribution in [2.75, 3.05) is 26.8 Å². The zero-order valence-corrected chi connectivity index (χ0v) is 11.8. The molecule has 1 saturated carbocycles. The number of ether oxygens (including phenoxy) is 1. The van der Waals surface area contributed by atoms with Gasteiger partial charge in [-0.3, -0.25) is 0 Å². The Labute approximate surface area is 119 Å². The number of carbonyl (C=O) groups excluding carboxylic acids is 1. The van der Waals surface area contributed by atoms with Gasteiger partial charge < -0.3 is 20.5 Å². The van der Waals surface area contributed by atoms with Crippen molar-refractivity contribution in [1.82, 2.24) is 10.6 Å². The molecule has 1 aliphatic carbocycles. The van der Waals surface area contributed by atoms with E-state index in [0.29, 0.717) is 13.1 Å². The maximum Gasteiger partial charge on any atom is 0.314 e. The second-order valence-electron chi connectivity index (χ2n) is 5.37. The third kappa shape index (κ3) is 4.13. The molecule has 5 nitrogen and oxygen atoms in total. The van der Waals surface area contributed by atoms with Gasteiger partial charge in [-0.2, -0.15) is 0 Å². The van der Waals surface area contributed by atoms with Gasteiger partial charge in [0.1, 0.15) is 5.75 Å². The van der Waals surface area contributed by atoms with Crippen molar-refractivity contribution < 1.29 is 14.6 Å². The van der Waals surface area contributed by atoms with E-state index < -0.39 is 0 Å². The summed E-state index contributed by atoms with van der Waals surface area (Å²) >= 11 is 0. The van der Waals surface area contributed by atoms with E-state index in [0.717, 1.165) is 30.6 Å². The van der Waals surface area contributed by atoms with Gasteiger partial charge in [0, 0.05) is 18.5 Å². The number of carbonyl (C=O) groups is 1. The summed E-state index contributed by atoms with van der Waals surface area (Å²) in [7, 11) is 1.64. The summed E-state index contributed by atoms with van der Waals surface area (Å²) in [5.74, 6) is 0.825. The smallest absolute Gasteiger partial charge is 0.314 e. The summed E-state index contributed by atoms with van der Waals surface area (Å²) in [6.07, 6.45) is 2.75. The Bertz CT molecular complexity index is 458. The second-order valence-corrected chi connectivity index (χ2v) is 5.37. The first kappa shape index (κ1) is 14.7. The second kappa shape index (κ2) is 6.61. The number of amides is 2. The third-order valence-corrected chi connectivity index (χ3v) is 3.75. The van der Waals surface area contributed by atoms with Crippen molar-refractivity contribution in [3.8, 4) is 5.75 Å². The molecule has 2 amide bonds. The van der Waals surface area contributed by atoms with E-state index >= 15 is 0 Å². The molecule has 2 rings (SSSR count). The minimum absolute atomic E-state index is 0.0515. The number of rotatable bonds is 7. The number of hydrogen-bond donors (Lipinski definition) is 3. The van der Waals surface area contributed by atoms with Crippen LogP contribution in [0.25, 0.3) is 0 Å². The van der Waals surface area contributed by atoms with Crippen LogP contribution in [0.15, 0.2) is 24.3 Å². The molecule has 5 heteroatoms. The molecule has 0 spiro atoms. The highest BCUT2D eigenvalue weighted by Gasteiger charge is 2.41. The Balaban J connectivity index is 1.66. The summed E-state index contributed by atoms with van der Waals surface area (Å²) in [4.78, 5) is 11.6. The first-order valence-electron chi connectivity index (χ1n) is 6.93. The summed E-state index contributed by atoms with van der Waals surface area (Å²) in [5.41, 5.74) is 1.07. The largest absolute Gasteiger partial charge is 0.497 e. The van der Waals surface area contributed by atoms with Crippen LogP contribution in [-0.2, 0) is 6.42 Å². The van der Waals surface area contributed by atoms with Crippen LogP contribution in [0.1, 0.15) is 18.4 Å². The number of nitrogens with one attached hydrogen (secondary N) is 2. The standard InChI is InChI=1S/C15H22N2O3/c1-20-13-4-2-3-12(9-13)5-8-16-14(19)17-10-15(11-18)6-7-15/h2-4,9,18H,5-8,10-11H2,1H3,(H2,16,17,19). The van der Waals surface area contributed by atoms with E-state index in [4.69, 9.17) is 9.84 Å². The van der Waals surface area contributed by atoms with Gasteiger partial charge in [0.15, 0.2) is 0 Å². The molecular formula is C15H22N2O3. The van der Waals surface area contributed by atoms with Gasteiger partial charge in [-0.05, 0) is 37.0 Å². The predicted octanol–water partition coefficient (Wildman–Crippen LogP) is 1.31. The van der Waals surface area contributed by atoms with E-state index in [9.17, 15) is 4.79 Å². The van der Waals surface area contributed by atoms with Crippen molar-refractivity contribution in [3.63, 3.8) is 0 Å². The normalized spacial score (nSPS) is 15.5. The number of methoxy groups -OCH3 is 1. The highest BCUT2D eigenvalue weighted by molar-refractivity contribution is 5.73. The Hall–Kier alpha value is -1.75. The van der Waals surface area contributed by atoms with Crippen LogP contribution in [0.3, 0.4) is 0 Å². The fraction of sp³-hybridized carbons (Fsp3) is 0.533. The molecule has 1 aliphatic rings. The SMILES string of the molecule is COc1cccc(CCNC(=O)NCC2(CO)CC2)c1. The zero-order valence-electron chi connectivity index (χ0n) is 11.8. The molecule has 1 aromatic rings. The highest BCUT2D eigenvalue weighted by Crippen LogP contribution is 2.44. The minimum Gasteiger partial charge on any atom is -0.497 e. The van der Waals surface area contributed by atoms with E-state index in [1.165, 1.54) is 0 Å². The van der Waals surface area contributed by atoms with Gasteiger partial charge >= 0.3 is 6.03 Å². The number of urea groups is 1. The van der Waals surface area contributed by atoms with Crippen molar-refractivity contribution in [2.24, 2.45) is 5.41 Å². The predicted molar refractivity (Wildman–Crippen MR) is 76.9 cm³/mol. The van der Waals surface area contributed by atoms with E-state index in [-0.39, 0.29) is 18.1 Å². The molecule has 0 saturated heterocycles. The first-order chi connectivity index (χ1) is 9.67. The van der Waals surface area contributed by atoms with Gasteiger partial charge in [-0.15, -0.1) is 0 Å². The summed E-state index contributed by atoms with van der Waals surface area (Å²) in [6.45, 7) is 1.27. The van der Waals surface area contributed by atoms with Crippen LogP contribution in [-0.4, -0.2) is 37.9 Å². The van der Waals surface area contributed by atoms with Crippen LogP contribution in [0, 0.1) is 5.41 Å². The zero-order chi connectivity index (χ0) is 14.4. The lowest BCUT2D eigenvalue weighted by Gasteiger charge is -2.13. The summed E-state index contributed by atoms with van der Waals surface area (Å²) < 4.78 is 5.15. The molecule has 20 heavy (non-hydrogen) atoms. The fourth-order valence-corrected chi connectivity index (χ4v) is 2.05. The Morgan fingerprint density at radius 1 is 1.40 bits per heavy atom. The van der Waals surface area contributed by atoms with Crippen molar-refractivity contribution in [2.45, 2.75) is 19.3 Å². The van der Waals surface area contributed by atoms with Crippen LogP contribution >= 0.6 is 0 Å². The first-order valence-corrected chi connectivity index (χ1v) is 6.93. The summed E-state index contributed by atoms with van der Waals surface area (Å²) in [5, 5.41) is 14.8.